The quantitative estimate of drug-likeness (QED) is 0.883. The Morgan fingerprint density at radius 1 is 1.32 bits per heavy atom. The van der Waals surface area contributed by atoms with Gasteiger partial charge in [-0.05, 0) is 25.0 Å². The summed E-state index contributed by atoms with van der Waals surface area (Å²) >= 11 is 0. The lowest BCUT2D eigenvalue weighted by molar-refractivity contribution is -0.122. The number of imide groups is 1. The highest BCUT2D eigenvalue weighted by atomic mass is 16.5. The minimum Gasteiger partial charge on any atom is -0.497 e. The molecule has 1 heterocycles. The lowest BCUT2D eigenvalue weighted by Crippen LogP contribution is -2.58. The molecule has 1 aromatic rings. The van der Waals surface area contributed by atoms with Gasteiger partial charge in [0, 0.05) is 12.1 Å². The number of nitrogens with one attached hydrogen (secondary N) is 1. The number of hydrogen-bond donors (Lipinski definition) is 1. The molecule has 2 atom stereocenters. The molecule has 0 aromatic heterocycles. The molecule has 5 nitrogen and oxygen atoms in total. The first kappa shape index (κ1) is 12.0. The standard InChI is InChI=1S/C14H16N2O3/c1-19-10-5-2-4-9(8-10)16-13(17)11-6-3-7-12(11)15-14(16)18/h2,4-5,8,11-12H,3,6-7H2,1H3,(H,15,18). The zero-order valence-electron chi connectivity index (χ0n) is 10.8. The van der Waals surface area contributed by atoms with E-state index >= 15 is 0 Å². The molecule has 1 aliphatic heterocycles. The largest absolute Gasteiger partial charge is 0.497 e. The highest BCUT2D eigenvalue weighted by Gasteiger charge is 2.44. The van der Waals surface area contributed by atoms with E-state index in [0.29, 0.717) is 11.4 Å². The van der Waals surface area contributed by atoms with E-state index in [1.54, 1.807) is 31.4 Å². The molecule has 0 radical (unpaired) electrons. The molecule has 2 unspecified atom stereocenters. The van der Waals surface area contributed by atoms with Crippen molar-refractivity contribution in [3.8, 4) is 5.75 Å². The first-order chi connectivity index (χ1) is 9.20. The van der Waals surface area contributed by atoms with Gasteiger partial charge in [0.05, 0.1) is 18.7 Å². The van der Waals surface area contributed by atoms with Gasteiger partial charge in [-0.15, -0.1) is 0 Å². The second-order valence-electron chi connectivity index (χ2n) is 4.97. The zero-order valence-corrected chi connectivity index (χ0v) is 10.8. The van der Waals surface area contributed by atoms with Gasteiger partial charge in [-0.3, -0.25) is 4.79 Å². The Morgan fingerprint density at radius 3 is 2.95 bits per heavy atom. The van der Waals surface area contributed by atoms with Crippen molar-refractivity contribution >= 4 is 17.6 Å². The van der Waals surface area contributed by atoms with Crippen molar-refractivity contribution < 1.29 is 14.3 Å². The van der Waals surface area contributed by atoms with E-state index in [1.807, 2.05) is 0 Å². The molecule has 1 aliphatic carbocycles. The summed E-state index contributed by atoms with van der Waals surface area (Å²) in [5, 5.41) is 2.92. The Morgan fingerprint density at radius 2 is 2.16 bits per heavy atom. The Kier molecular flexibility index (Phi) is 2.89. The summed E-state index contributed by atoms with van der Waals surface area (Å²) in [6.45, 7) is 0. The normalized spacial score (nSPS) is 26.1. The lowest BCUT2D eigenvalue weighted by Gasteiger charge is -2.33. The van der Waals surface area contributed by atoms with Gasteiger partial charge in [0.15, 0.2) is 0 Å². The summed E-state index contributed by atoms with van der Waals surface area (Å²) in [5.74, 6) is 0.454. The predicted molar refractivity (Wildman–Crippen MR) is 70.1 cm³/mol. The molecule has 5 heteroatoms. The first-order valence-electron chi connectivity index (χ1n) is 6.49. The number of carbonyl (C=O) groups excluding carboxylic acids is 2. The molecule has 0 bridgehead atoms. The molecule has 3 rings (SSSR count). The van der Waals surface area contributed by atoms with Crippen LogP contribution in [0, 0.1) is 5.92 Å². The van der Waals surface area contributed by atoms with E-state index in [4.69, 9.17) is 4.74 Å². The van der Waals surface area contributed by atoms with Crippen LogP contribution in [0.3, 0.4) is 0 Å². The second kappa shape index (κ2) is 4.57. The van der Waals surface area contributed by atoms with Crippen LogP contribution < -0.4 is 15.0 Å². The van der Waals surface area contributed by atoms with Crippen LogP contribution in [0.2, 0.25) is 0 Å². The van der Waals surface area contributed by atoms with E-state index < -0.39 is 0 Å². The summed E-state index contributed by atoms with van der Waals surface area (Å²) in [7, 11) is 1.56. The van der Waals surface area contributed by atoms with Crippen LogP contribution in [0.15, 0.2) is 24.3 Å². The molecule has 1 saturated carbocycles. The van der Waals surface area contributed by atoms with Gasteiger partial charge in [-0.1, -0.05) is 12.5 Å². The molecule has 3 amide bonds. The van der Waals surface area contributed by atoms with E-state index in [0.717, 1.165) is 19.3 Å². The fourth-order valence-electron chi connectivity index (χ4n) is 2.91. The lowest BCUT2D eigenvalue weighted by atomic mass is 9.99. The van der Waals surface area contributed by atoms with Crippen molar-refractivity contribution in [3.63, 3.8) is 0 Å². The van der Waals surface area contributed by atoms with Crippen molar-refractivity contribution in [2.24, 2.45) is 5.92 Å². The average Bonchev–Trinajstić information content (AvgIpc) is 2.87. The number of benzene rings is 1. The summed E-state index contributed by atoms with van der Waals surface area (Å²) in [6.07, 6.45) is 2.74. The third kappa shape index (κ3) is 1.95. The molecule has 100 valence electrons. The van der Waals surface area contributed by atoms with Crippen molar-refractivity contribution in [3.05, 3.63) is 24.3 Å². The van der Waals surface area contributed by atoms with E-state index in [2.05, 4.69) is 5.32 Å². The number of urea groups is 1. The third-order valence-corrected chi connectivity index (χ3v) is 3.88. The monoisotopic (exact) mass is 260 g/mol. The maximum Gasteiger partial charge on any atom is 0.328 e. The average molecular weight is 260 g/mol. The van der Waals surface area contributed by atoms with E-state index in [-0.39, 0.29) is 23.9 Å². The van der Waals surface area contributed by atoms with Gasteiger partial charge in [-0.2, -0.15) is 0 Å². The van der Waals surface area contributed by atoms with Crippen molar-refractivity contribution in [1.29, 1.82) is 0 Å². The fourth-order valence-corrected chi connectivity index (χ4v) is 2.91. The number of nitrogens with zero attached hydrogens (tertiary/aromatic N) is 1. The van der Waals surface area contributed by atoms with Gasteiger partial charge in [0.25, 0.3) is 0 Å². The molecular formula is C14H16N2O3. The highest BCUT2D eigenvalue weighted by molar-refractivity contribution is 6.17. The van der Waals surface area contributed by atoms with Gasteiger partial charge < -0.3 is 10.1 Å². The number of fused-ring (bicyclic) bond motifs is 1. The molecular weight excluding hydrogens is 244 g/mol. The number of amides is 3. The Hall–Kier alpha value is -2.04. The van der Waals surface area contributed by atoms with Crippen molar-refractivity contribution in [2.75, 3.05) is 12.0 Å². The SMILES string of the molecule is COc1cccc(N2C(=O)NC3CCCC3C2=O)c1. The number of ether oxygens (including phenoxy) is 1. The minimum atomic E-state index is -0.332. The molecule has 1 saturated heterocycles. The molecule has 0 spiro atoms. The minimum absolute atomic E-state index is 0.0156. The molecule has 2 aliphatic rings. The van der Waals surface area contributed by atoms with Crippen LogP contribution >= 0.6 is 0 Å². The van der Waals surface area contributed by atoms with Crippen molar-refractivity contribution in [1.82, 2.24) is 5.32 Å². The molecule has 1 aromatic carbocycles. The zero-order chi connectivity index (χ0) is 13.4. The van der Waals surface area contributed by atoms with Crippen LogP contribution in [0.5, 0.6) is 5.75 Å². The third-order valence-electron chi connectivity index (χ3n) is 3.88. The van der Waals surface area contributed by atoms with Crippen LogP contribution in [-0.2, 0) is 4.79 Å². The molecule has 19 heavy (non-hydrogen) atoms. The summed E-state index contributed by atoms with van der Waals surface area (Å²) in [5.41, 5.74) is 0.562. The van der Waals surface area contributed by atoms with E-state index in [9.17, 15) is 9.59 Å². The number of anilines is 1. The van der Waals surface area contributed by atoms with Gasteiger partial charge >= 0.3 is 6.03 Å². The Balaban J connectivity index is 1.94. The number of rotatable bonds is 2. The summed E-state index contributed by atoms with van der Waals surface area (Å²) in [4.78, 5) is 25.8. The van der Waals surface area contributed by atoms with Gasteiger partial charge in [0.1, 0.15) is 5.75 Å². The Bertz CT molecular complexity index is 529. The number of hydrogen-bond acceptors (Lipinski definition) is 3. The molecule has 2 fully saturated rings. The first-order valence-corrected chi connectivity index (χ1v) is 6.49. The van der Waals surface area contributed by atoms with Crippen LogP contribution in [0.4, 0.5) is 10.5 Å². The highest BCUT2D eigenvalue weighted by Crippen LogP contribution is 2.33. The van der Waals surface area contributed by atoms with Crippen LogP contribution in [0.25, 0.3) is 0 Å². The number of carbonyl (C=O) groups is 2. The summed E-state index contributed by atoms with van der Waals surface area (Å²) < 4.78 is 5.13. The smallest absolute Gasteiger partial charge is 0.328 e. The van der Waals surface area contributed by atoms with Crippen LogP contribution in [0.1, 0.15) is 19.3 Å². The van der Waals surface area contributed by atoms with E-state index in [1.165, 1.54) is 4.90 Å². The topological polar surface area (TPSA) is 58.6 Å². The van der Waals surface area contributed by atoms with Gasteiger partial charge in [0.2, 0.25) is 5.91 Å². The Labute approximate surface area is 111 Å². The number of methoxy groups -OCH3 is 1. The molecule has 1 N–H and O–H groups in total. The maximum absolute atomic E-state index is 12.4. The summed E-state index contributed by atoms with van der Waals surface area (Å²) in [6, 6.07) is 6.69. The van der Waals surface area contributed by atoms with Crippen molar-refractivity contribution in [2.45, 2.75) is 25.3 Å². The van der Waals surface area contributed by atoms with Crippen LogP contribution in [-0.4, -0.2) is 25.1 Å². The second-order valence-corrected chi connectivity index (χ2v) is 4.97. The van der Waals surface area contributed by atoms with Gasteiger partial charge in [-0.25, -0.2) is 9.69 Å². The maximum atomic E-state index is 12.4. The predicted octanol–water partition coefficient (Wildman–Crippen LogP) is 1.92. The fraction of sp³-hybridized carbons (Fsp3) is 0.429.